The van der Waals surface area contributed by atoms with Gasteiger partial charge in [0.25, 0.3) is 0 Å². The maximum absolute atomic E-state index is 11.8. The first-order valence-electron chi connectivity index (χ1n) is 7.33. The molecule has 1 aromatic carbocycles. The van der Waals surface area contributed by atoms with Crippen molar-refractivity contribution in [1.29, 1.82) is 0 Å². The standard InChI is InChI=1S/C16H27N3O/c1-5-11-17-12-14-7-9-15(10-8-14)19(6-2)13-16(20)18(3)4/h7-10,17H,5-6,11-13H2,1-4H3. The van der Waals surface area contributed by atoms with Gasteiger partial charge in [0.2, 0.25) is 5.91 Å². The fourth-order valence-electron chi connectivity index (χ4n) is 1.92. The van der Waals surface area contributed by atoms with Gasteiger partial charge in [-0.3, -0.25) is 4.79 Å². The van der Waals surface area contributed by atoms with Crippen molar-refractivity contribution in [1.82, 2.24) is 10.2 Å². The van der Waals surface area contributed by atoms with Crippen molar-refractivity contribution >= 4 is 11.6 Å². The van der Waals surface area contributed by atoms with Gasteiger partial charge in [-0.05, 0) is 37.6 Å². The third kappa shape index (κ3) is 5.21. The zero-order chi connectivity index (χ0) is 15.0. The largest absolute Gasteiger partial charge is 0.362 e. The van der Waals surface area contributed by atoms with Crippen LogP contribution in [0.25, 0.3) is 0 Å². The SMILES string of the molecule is CCCNCc1ccc(N(CC)CC(=O)N(C)C)cc1. The minimum absolute atomic E-state index is 0.125. The molecular formula is C16H27N3O. The lowest BCUT2D eigenvalue weighted by atomic mass is 10.2. The number of nitrogens with one attached hydrogen (secondary N) is 1. The van der Waals surface area contributed by atoms with Crippen molar-refractivity contribution in [3.63, 3.8) is 0 Å². The van der Waals surface area contributed by atoms with Crippen LogP contribution in [0.4, 0.5) is 5.69 Å². The van der Waals surface area contributed by atoms with E-state index in [1.807, 2.05) is 0 Å². The van der Waals surface area contributed by atoms with E-state index >= 15 is 0 Å². The lowest BCUT2D eigenvalue weighted by Crippen LogP contribution is -2.36. The van der Waals surface area contributed by atoms with E-state index in [0.717, 1.165) is 31.7 Å². The Morgan fingerprint density at radius 1 is 1.15 bits per heavy atom. The van der Waals surface area contributed by atoms with Crippen molar-refractivity contribution in [2.75, 3.05) is 38.6 Å². The first-order valence-corrected chi connectivity index (χ1v) is 7.33. The van der Waals surface area contributed by atoms with Crippen molar-refractivity contribution in [2.24, 2.45) is 0 Å². The Kier molecular flexibility index (Phi) is 7.09. The van der Waals surface area contributed by atoms with Crippen LogP contribution in [0.5, 0.6) is 0 Å². The number of amides is 1. The van der Waals surface area contributed by atoms with Gasteiger partial charge in [0.15, 0.2) is 0 Å². The van der Waals surface area contributed by atoms with Gasteiger partial charge in [-0.25, -0.2) is 0 Å². The molecule has 0 bridgehead atoms. The van der Waals surface area contributed by atoms with E-state index < -0.39 is 0 Å². The molecule has 0 aliphatic carbocycles. The molecule has 0 unspecified atom stereocenters. The van der Waals surface area contributed by atoms with Gasteiger partial charge in [-0.15, -0.1) is 0 Å². The van der Waals surface area contributed by atoms with Gasteiger partial charge < -0.3 is 15.1 Å². The Morgan fingerprint density at radius 3 is 2.30 bits per heavy atom. The Labute approximate surface area is 122 Å². The van der Waals surface area contributed by atoms with Crippen LogP contribution in [0, 0.1) is 0 Å². The smallest absolute Gasteiger partial charge is 0.241 e. The number of anilines is 1. The van der Waals surface area contributed by atoms with E-state index in [9.17, 15) is 4.79 Å². The van der Waals surface area contributed by atoms with Crippen molar-refractivity contribution in [2.45, 2.75) is 26.8 Å². The van der Waals surface area contributed by atoms with E-state index in [-0.39, 0.29) is 5.91 Å². The number of hydrogen-bond donors (Lipinski definition) is 1. The Hall–Kier alpha value is -1.55. The molecule has 1 N–H and O–H groups in total. The molecule has 1 rings (SSSR count). The summed E-state index contributed by atoms with van der Waals surface area (Å²) in [6.45, 7) is 7.43. The van der Waals surface area contributed by atoms with Crippen LogP contribution in [0.2, 0.25) is 0 Å². The first kappa shape index (κ1) is 16.5. The molecule has 20 heavy (non-hydrogen) atoms. The molecule has 1 amide bonds. The first-order chi connectivity index (χ1) is 9.58. The minimum atomic E-state index is 0.125. The molecule has 0 atom stereocenters. The van der Waals surface area contributed by atoms with Crippen LogP contribution >= 0.6 is 0 Å². The Balaban J connectivity index is 2.62. The average Bonchev–Trinajstić information content (AvgIpc) is 2.45. The van der Waals surface area contributed by atoms with Crippen molar-refractivity contribution in [3.05, 3.63) is 29.8 Å². The predicted octanol–water partition coefficient (Wildman–Crippen LogP) is 2.10. The monoisotopic (exact) mass is 277 g/mol. The topological polar surface area (TPSA) is 35.6 Å². The fourth-order valence-corrected chi connectivity index (χ4v) is 1.92. The molecule has 112 valence electrons. The maximum Gasteiger partial charge on any atom is 0.241 e. The van der Waals surface area contributed by atoms with Gasteiger partial charge in [0.05, 0.1) is 6.54 Å². The summed E-state index contributed by atoms with van der Waals surface area (Å²) < 4.78 is 0. The number of benzene rings is 1. The third-order valence-corrected chi connectivity index (χ3v) is 3.26. The van der Waals surface area contributed by atoms with Crippen LogP contribution in [0.1, 0.15) is 25.8 Å². The lowest BCUT2D eigenvalue weighted by molar-refractivity contribution is -0.127. The van der Waals surface area contributed by atoms with E-state index in [4.69, 9.17) is 0 Å². The summed E-state index contributed by atoms with van der Waals surface area (Å²) >= 11 is 0. The second-order valence-electron chi connectivity index (χ2n) is 5.15. The van der Waals surface area contributed by atoms with Crippen molar-refractivity contribution < 1.29 is 4.79 Å². The normalized spacial score (nSPS) is 10.4. The van der Waals surface area contributed by atoms with E-state index in [2.05, 4.69) is 48.3 Å². The van der Waals surface area contributed by atoms with E-state index in [1.54, 1.807) is 19.0 Å². The van der Waals surface area contributed by atoms with Crippen molar-refractivity contribution in [3.8, 4) is 0 Å². The number of hydrogen-bond acceptors (Lipinski definition) is 3. The molecule has 0 spiro atoms. The second kappa shape index (κ2) is 8.59. The lowest BCUT2D eigenvalue weighted by Gasteiger charge is -2.24. The quantitative estimate of drug-likeness (QED) is 0.739. The Bertz CT molecular complexity index is 401. The molecule has 0 fully saturated rings. The number of carbonyl (C=O) groups is 1. The summed E-state index contributed by atoms with van der Waals surface area (Å²) in [7, 11) is 3.58. The second-order valence-corrected chi connectivity index (χ2v) is 5.15. The highest BCUT2D eigenvalue weighted by Crippen LogP contribution is 2.15. The van der Waals surface area contributed by atoms with E-state index in [1.165, 1.54) is 5.56 Å². The molecule has 0 aliphatic heterocycles. The van der Waals surface area contributed by atoms with Crippen LogP contribution in [0.15, 0.2) is 24.3 Å². The highest BCUT2D eigenvalue weighted by Gasteiger charge is 2.11. The summed E-state index contributed by atoms with van der Waals surface area (Å²) in [6, 6.07) is 8.44. The Morgan fingerprint density at radius 2 is 1.80 bits per heavy atom. The maximum atomic E-state index is 11.8. The molecule has 0 aromatic heterocycles. The zero-order valence-electron chi connectivity index (χ0n) is 13.1. The van der Waals surface area contributed by atoms with Gasteiger partial charge in [-0.1, -0.05) is 19.1 Å². The third-order valence-electron chi connectivity index (χ3n) is 3.26. The zero-order valence-corrected chi connectivity index (χ0v) is 13.1. The molecule has 0 heterocycles. The van der Waals surface area contributed by atoms with Gasteiger partial charge >= 0.3 is 0 Å². The fraction of sp³-hybridized carbons (Fsp3) is 0.562. The highest BCUT2D eigenvalue weighted by atomic mass is 16.2. The minimum Gasteiger partial charge on any atom is -0.362 e. The van der Waals surface area contributed by atoms with E-state index in [0.29, 0.717) is 6.54 Å². The van der Waals surface area contributed by atoms with Crippen LogP contribution in [-0.4, -0.2) is 44.5 Å². The number of rotatable bonds is 8. The van der Waals surface area contributed by atoms with Crippen LogP contribution < -0.4 is 10.2 Å². The molecule has 0 saturated carbocycles. The molecule has 0 radical (unpaired) electrons. The molecule has 0 saturated heterocycles. The number of nitrogens with zero attached hydrogens (tertiary/aromatic N) is 2. The van der Waals surface area contributed by atoms with Gasteiger partial charge in [0.1, 0.15) is 0 Å². The predicted molar refractivity (Wildman–Crippen MR) is 85.0 cm³/mol. The number of carbonyl (C=O) groups excluding carboxylic acids is 1. The summed E-state index contributed by atoms with van der Waals surface area (Å²) in [5.74, 6) is 0.125. The summed E-state index contributed by atoms with van der Waals surface area (Å²) in [5.41, 5.74) is 2.37. The van der Waals surface area contributed by atoms with Gasteiger partial charge in [-0.2, -0.15) is 0 Å². The highest BCUT2D eigenvalue weighted by molar-refractivity contribution is 5.81. The van der Waals surface area contributed by atoms with Gasteiger partial charge in [0, 0.05) is 32.9 Å². The molecular weight excluding hydrogens is 250 g/mol. The van der Waals surface area contributed by atoms with Crippen LogP contribution in [0.3, 0.4) is 0 Å². The molecule has 1 aromatic rings. The summed E-state index contributed by atoms with van der Waals surface area (Å²) in [6.07, 6.45) is 1.15. The summed E-state index contributed by atoms with van der Waals surface area (Å²) in [4.78, 5) is 15.5. The van der Waals surface area contributed by atoms with Crippen LogP contribution in [-0.2, 0) is 11.3 Å². The molecule has 4 heteroatoms. The molecule has 4 nitrogen and oxygen atoms in total. The molecule has 0 aliphatic rings. The average molecular weight is 277 g/mol. The number of likely N-dealkylation sites (N-methyl/N-ethyl adjacent to an activating group) is 2. The summed E-state index contributed by atoms with van der Waals surface area (Å²) in [5, 5.41) is 3.39.